The van der Waals surface area contributed by atoms with Crippen LogP contribution in [0.3, 0.4) is 0 Å². The third-order valence-electron chi connectivity index (χ3n) is 3.82. The summed E-state index contributed by atoms with van der Waals surface area (Å²) in [6.45, 7) is 1.13. The molecule has 1 N–H and O–H groups in total. The van der Waals surface area contributed by atoms with Gasteiger partial charge in [0, 0.05) is 6.04 Å². The van der Waals surface area contributed by atoms with E-state index in [1.165, 1.54) is 30.4 Å². The van der Waals surface area contributed by atoms with Crippen LogP contribution in [0.1, 0.15) is 36.3 Å². The van der Waals surface area contributed by atoms with Crippen LogP contribution in [0.2, 0.25) is 0 Å². The van der Waals surface area contributed by atoms with Crippen LogP contribution in [-0.2, 0) is 6.42 Å². The number of fused-ring (bicyclic) bond motifs is 1. The van der Waals surface area contributed by atoms with E-state index in [0.29, 0.717) is 12.0 Å². The lowest BCUT2D eigenvalue weighted by Crippen LogP contribution is -2.27. The van der Waals surface area contributed by atoms with Crippen LogP contribution in [0, 0.1) is 5.82 Å². The van der Waals surface area contributed by atoms with Crippen molar-refractivity contribution in [1.29, 1.82) is 0 Å². The number of benzene rings is 1. The number of halogens is 1. The quantitative estimate of drug-likeness (QED) is 0.743. The van der Waals surface area contributed by atoms with Gasteiger partial charge in [-0.3, -0.25) is 0 Å². The van der Waals surface area contributed by atoms with Crippen molar-refractivity contribution in [3.63, 3.8) is 0 Å². The molecule has 1 heterocycles. The number of rotatable bonds is 1. The molecule has 80 valence electrons. The lowest BCUT2D eigenvalue weighted by molar-refractivity contribution is 0.484. The van der Waals surface area contributed by atoms with Crippen molar-refractivity contribution in [2.24, 2.45) is 0 Å². The second kappa shape index (κ2) is 3.60. The Labute approximate surface area is 89.7 Å². The van der Waals surface area contributed by atoms with E-state index < -0.39 is 0 Å². The predicted molar refractivity (Wildman–Crippen MR) is 58.5 cm³/mol. The zero-order valence-corrected chi connectivity index (χ0v) is 8.80. The van der Waals surface area contributed by atoms with Gasteiger partial charge in [-0.15, -0.1) is 0 Å². The second-order valence-corrected chi connectivity index (χ2v) is 4.69. The highest BCUT2D eigenvalue weighted by atomic mass is 19.1. The van der Waals surface area contributed by atoms with E-state index >= 15 is 0 Å². The molecule has 2 atom stereocenters. The fraction of sp³-hybridized carbons (Fsp3) is 0.538. The topological polar surface area (TPSA) is 12.0 Å². The molecule has 1 saturated heterocycles. The van der Waals surface area contributed by atoms with E-state index in [0.717, 1.165) is 13.0 Å². The van der Waals surface area contributed by atoms with E-state index in [-0.39, 0.29) is 5.82 Å². The molecular formula is C13H16FN. The molecule has 2 heteroatoms. The van der Waals surface area contributed by atoms with E-state index in [1.54, 1.807) is 12.1 Å². The van der Waals surface area contributed by atoms with Crippen molar-refractivity contribution >= 4 is 0 Å². The highest BCUT2D eigenvalue weighted by Gasteiger charge is 2.31. The summed E-state index contributed by atoms with van der Waals surface area (Å²) in [7, 11) is 0. The van der Waals surface area contributed by atoms with Crippen molar-refractivity contribution in [1.82, 2.24) is 5.32 Å². The number of hydrogen-bond acceptors (Lipinski definition) is 1. The van der Waals surface area contributed by atoms with Crippen LogP contribution >= 0.6 is 0 Å². The van der Waals surface area contributed by atoms with Gasteiger partial charge in [-0.2, -0.15) is 0 Å². The maximum absolute atomic E-state index is 13.2. The summed E-state index contributed by atoms with van der Waals surface area (Å²) < 4.78 is 13.2. The first-order valence-electron chi connectivity index (χ1n) is 5.86. The molecule has 1 aromatic carbocycles. The summed E-state index contributed by atoms with van der Waals surface area (Å²) in [5.41, 5.74) is 2.62. The first kappa shape index (κ1) is 9.34. The maximum Gasteiger partial charge on any atom is 0.123 e. The van der Waals surface area contributed by atoms with Crippen LogP contribution in [-0.4, -0.2) is 12.6 Å². The second-order valence-electron chi connectivity index (χ2n) is 4.69. The molecule has 1 aliphatic carbocycles. The average Bonchev–Trinajstić information content (AvgIpc) is 2.83. The SMILES string of the molecule is Fc1ccc2c(c1)C(C1CCCN1)CC2. The fourth-order valence-electron chi connectivity index (χ4n) is 3.08. The van der Waals surface area contributed by atoms with Crippen LogP contribution in [0.4, 0.5) is 4.39 Å². The van der Waals surface area contributed by atoms with Gasteiger partial charge in [0.25, 0.3) is 0 Å². The average molecular weight is 205 g/mol. The molecule has 0 bridgehead atoms. The first-order chi connectivity index (χ1) is 7.34. The van der Waals surface area contributed by atoms with E-state index in [2.05, 4.69) is 5.32 Å². The van der Waals surface area contributed by atoms with Gasteiger partial charge in [0.2, 0.25) is 0 Å². The highest BCUT2D eigenvalue weighted by Crippen LogP contribution is 2.38. The molecule has 0 aromatic heterocycles. The van der Waals surface area contributed by atoms with Gasteiger partial charge in [-0.1, -0.05) is 6.07 Å². The Morgan fingerprint density at radius 2 is 2.20 bits per heavy atom. The molecule has 0 saturated carbocycles. The fourth-order valence-corrected chi connectivity index (χ4v) is 3.08. The number of hydrogen-bond donors (Lipinski definition) is 1. The standard InChI is InChI=1S/C13H16FN/c14-10-5-3-9-4-6-11(12(9)8-10)13-2-1-7-15-13/h3,5,8,11,13,15H,1-2,4,6-7H2. The highest BCUT2D eigenvalue weighted by molar-refractivity contribution is 5.36. The van der Waals surface area contributed by atoms with Gasteiger partial charge in [-0.25, -0.2) is 4.39 Å². The molecule has 0 amide bonds. The Kier molecular flexibility index (Phi) is 2.24. The molecule has 0 radical (unpaired) electrons. The van der Waals surface area contributed by atoms with E-state index in [1.807, 2.05) is 6.07 Å². The van der Waals surface area contributed by atoms with Crippen molar-refractivity contribution in [2.45, 2.75) is 37.6 Å². The molecule has 0 spiro atoms. The predicted octanol–water partition coefficient (Wildman–Crippen LogP) is 2.61. The molecule has 1 aromatic rings. The summed E-state index contributed by atoms with van der Waals surface area (Å²) in [5.74, 6) is 0.469. The molecule has 2 unspecified atom stereocenters. The lowest BCUT2D eigenvalue weighted by atomic mass is 9.92. The third kappa shape index (κ3) is 1.57. The monoisotopic (exact) mass is 205 g/mol. The van der Waals surface area contributed by atoms with Gasteiger partial charge in [0.05, 0.1) is 0 Å². The molecule has 1 fully saturated rings. The molecular weight excluding hydrogens is 189 g/mol. The Hall–Kier alpha value is -0.890. The normalized spacial score (nSPS) is 29.4. The van der Waals surface area contributed by atoms with Crippen molar-refractivity contribution in [2.75, 3.05) is 6.54 Å². The Morgan fingerprint density at radius 3 is 3.00 bits per heavy atom. The molecule has 1 aliphatic heterocycles. The molecule has 1 nitrogen and oxygen atoms in total. The van der Waals surface area contributed by atoms with Crippen LogP contribution < -0.4 is 5.32 Å². The Balaban J connectivity index is 1.92. The maximum atomic E-state index is 13.2. The summed E-state index contributed by atoms with van der Waals surface area (Å²) in [4.78, 5) is 0. The lowest BCUT2D eigenvalue weighted by Gasteiger charge is -2.19. The van der Waals surface area contributed by atoms with Gasteiger partial charge in [0.1, 0.15) is 5.82 Å². The minimum atomic E-state index is -0.0846. The first-order valence-corrected chi connectivity index (χ1v) is 5.86. The largest absolute Gasteiger partial charge is 0.313 e. The van der Waals surface area contributed by atoms with Crippen LogP contribution in [0.15, 0.2) is 18.2 Å². The smallest absolute Gasteiger partial charge is 0.123 e. The molecule has 15 heavy (non-hydrogen) atoms. The van der Waals surface area contributed by atoms with Gasteiger partial charge in [-0.05, 0) is 61.4 Å². The number of nitrogens with one attached hydrogen (secondary N) is 1. The Bertz CT molecular complexity index is 369. The molecule has 2 aliphatic rings. The minimum absolute atomic E-state index is 0.0846. The van der Waals surface area contributed by atoms with Crippen LogP contribution in [0.25, 0.3) is 0 Å². The Morgan fingerprint density at radius 1 is 1.27 bits per heavy atom. The zero-order chi connectivity index (χ0) is 10.3. The summed E-state index contributed by atoms with van der Waals surface area (Å²) >= 11 is 0. The van der Waals surface area contributed by atoms with Crippen molar-refractivity contribution in [3.8, 4) is 0 Å². The zero-order valence-electron chi connectivity index (χ0n) is 8.80. The molecule has 3 rings (SSSR count). The summed E-state index contributed by atoms with van der Waals surface area (Å²) in [6, 6.07) is 5.88. The van der Waals surface area contributed by atoms with Crippen molar-refractivity contribution < 1.29 is 4.39 Å². The summed E-state index contributed by atoms with van der Waals surface area (Å²) in [6.07, 6.45) is 4.83. The van der Waals surface area contributed by atoms with Gasteiger partial charge < -0.3 is 5.32 Å². The van der Waals surface area contributed by atoms with Crippen LogP contribution in [0.5, 0.6) is 0 Å². The van der Waals surface area contributed by atoms with E-state index in [9.17, 15) is 4.39 Å². The van der Waals surface area contributed by atoms with Gasteiger partial charge in [0.15, 0.2) is 0 Å². The minimum Gasteiger partial charge on any atom is -0.313 e. The number of aryl methyl sites for hydroxylation is 1. The summed E-state index contributed by atoms with van der Waals surface area (Å²) in [5, 5.41) is 3.54. The van der Waals surface area contributed by atoms with Gasteiger partial charge >= 0.3 is 0 Å². The third-order valence-corrected chi connectivity index (χ3v) is 3.82. The van der Waals surface area contributed by atoms with E-state index in [4.69, 9.17) is 0 Å². The van der Waals surface area contributed by atoms with Crippen molar-refractivity contribution in [3.05, 3.63) is 35.1 Å².